The van der Waals surface area contributed by atoms with Crippen LogP contribution in [0.1, 0.15) is 51.0 Å². The minimum Gasteiger partial charge on any atom is -0.200 e. The number of hydrogen-bond donors (Lipinski definition) is 1. The van der Waals surface area contributed by atoms with E-state index in [1.807, 2.05) is 12.1 Å². The summed E-state index contributed by atoms with van der Waals surface area (Å²) in [7, 11) is -3.54. The molecule has 3 rings (SSSR count). The molecule has 1 aromatic carbocycles. The third-order valence-corrected chi connectivity index (χ3v) is 5.90. The summed E-state index contributed by atoms with van der Waals surface area (Å²) >= 11 is 0. The van der Waals surface area contributed by atoms with Crippen LogP contribution in [-0.2, 0) is 10.0 Å². The maximum atomic E-state index is 12.3. The maximum Gasteiger partial charge on any atom is 0.276 e. The molecule has 5 heteroatoms. The van der Waals surface area contributed by atoms with Crippen molar-refractivity contribution in [2.24, 2.45) is 16.9 Å². The first-order valence-corrected chi connectivity index (χ1v) is 9.12. The monoisotopic (exact) mass is 306 g/mol. The van der Waals surface area contributed by atoms with Crippen molar-refractivity contribution in [1.82, 2.24) is 4.83 Å². The van der Waals surface area contributed by atoms with Crippen molar-refractivity contribution in [1.29, 1.82) is 0 Å². The number of nitrogens with zero attached hydrogens (tertiary/aromatic N) is 1. The molecule has 0 saturated heterocycles. The Hall–Kier alpha value is -1.36. The SMILES string of the molecule is CC(C)c1ccc(S(=O)(=O)N/N=C2/C[C@H]3CC[C@@H]2C3)cc1. The lowest BCUT2D eigenvalue weighted by molar-refractivity contribution is 0.579. The number of rotatable bonds is 4. The van der Waals surface area contributed by atoms with Gasteiger partial charge in [-0.3, -0.25) is 0 Å². The molecular weight excluding hydrogens is 284 g/mol. The van der Waals surface area contributed by atoms with Crippen LogP contribution in [0.25, 0.3) is 0 Å². The highest BCUT2D eigenvalue weighted by Gasteiger charge is 2.36. The molecule has 1 N–H and O–H groups in total. The van der Waals surface area contributed by atoms with Crippen LogP contribution >= 0.6 is 0 Å². The summed E-state index contributed by atoms with van der Waals surface area (Å²) in [6.07, 6.45) is 4.57. The van der Waals surface area contributed by atoms with Gasteiger partial charge in [0.1, 0.15) is 0 Å². The van der Waals surface area contributed by atoms with Crippen LogP contribution in [0.2, 0.25) is 0 Å². The van der Waals surface area contributed by atoms with Crippen LogP contribution < -0.4 is 4.83 Å². The van der Waals surface area contributed by atoms with E-state index in [0.717, 1.165) is 30.0 Å². The van der Waals surface area contributed by atoms with Gasteiger partial charge >= 0.3 is 0 Å². The van der Waals surface area contributed by atoms with Crippen molar-refractivity contribution in [3.05, 3.63) is 29.8 Å². The largest absolute Gasteiger partial charge is 0.276 e. The van der Waals surface area contributed by atoms with Gasteiger partial charge in [0.15, 0.2) is 0 Å². The Kier molecular flexibility index (Phi) is 3.78. The lowest BCUT2D eigenvalue weighted by Gasteiger charge is -2.12. The van der Waals surface area contributed by atoms with Crippen molar-refractivity contribution in [3.63, 3.8) is 0 Å². The van der Waals surface area contributed by atoms with E-state index < -0.39 is 10.0 Å². The van der Waals surface area contributed by atoms with E-state index in [-0.39, 0.29) is 4.90 Å². The second-order valence-electron chi connectivity index (χ2n) is 6.50. The van der Waals surface area contributed by atoms with Gasteiger partial charge < -0.3 is 0 Å². The molecule has 114 valence electrons. The van der Waals surface area contributed by atoms with Crippen LogP contribution in [0.15, 0.2) is 34.3 Å². The fraction of sp³-hybridized carbons (Fsp3) is 0.562. The Morgan fingerprint density at radius 3 is 2.43 bits per heavy atom. The van der Waals surface area contributed by atoms with Gasteiger partial charge in [0.05, 0.1) is 4.90 Å². The molecule has 2 atom stereocenters. The van der Waals surface area contributed by atoms with Crippen LogP contribution in [0.4, 0.5) is 0 Å². The molecule has 0 unspecified atom stereocenters. The highest BCUT2D eigenvalue weighted by Crippen LogP contribution is 2.42. The molecule has 0 aromatic heterocycles. The second kappa shape index (κ2) is 5.44. The molecular formula is C16H22N2O2S. The number of fused-ring (bicyclic) bond motifs is 2. The van der Waals surface area contributed by atoms with Crippen molar-refractivity contribution >= 4 is 15.7 Å². The molecule has 2 aliphatic rings. The maximum absolute atomic E-state index is 12.3. The average molecular weight is 306 g/mol. The Bertz CT molecular complexity index is 647. The van der Waals surface area contributed by atoms with Gasteiger partial charge in [-0.1, -0.05) is 26.0 Å². The van der Waals surface area contributed by atoms with E-state index in [9.17, 15) is 8.42 Å². The molecule has 0 aliphatic heterocycles. The van der Waals surface area contributed by atoms with Gasteiger partial charge in [-0.05, 0) is 61.1 Å². The lowest BCUT2D eigenvalue weighted by atomic mass is 9.99. The molecule has 2 fully saturated rings. The first-order valence-electron chi connectivity index (χ1n) is 7.64. The molecule has 0 heterocycles. The minimum absolute atomic E-state index is 0.277. The second-order valence-corrected chi connectivity index (χ2v) is 8.16. The number of hydrogen-bond acceptors (Lipinski definition) is 3. The molecule has 1 aromatic rings. The molecule has 0 amide bonds. The van der Waals surface area contributed by atoms with Gasteiger partial charge in [-0.2, -0.15) is 13.5 Å². The average Bonchev–Trinajstić information content (AvgIpc) is 3.08. The van der Waals surface area contributed by atoms with E-state index in [2.05, 4.69) is 23.8 Å². The van der Waals surface area contributed by atoms with Crippen molar-refractivity contribution in [3.8, 4) is 0 Å². The smallest absolute Gasteiger partial charge is 0.200 e. The van der Waals surface area contributed by atoms with Crippen LogP contribution in [-0.4, -0.2) is 14.1 Å². The van der Waals surface area contributed by atoms with Gasteiger partial charge in [-0.15, -0.1) is 0 Å². The van der Waals surface area contributed by atoms with Crippen molar-refractivity contribution < 1.29 is 8.42 Å². The third kappa shape index (κ3) is 2.98. The normalized spacial score (nSPS) is 26.7. The summed E-state index contributed by atoms with van der Waals surface area (Å²) in [6, 6.07) is 7.03. The Morgan fingerprint density at radius 1 is 1.19 bits per heavy atom. The molecule has 0 radical (unpaired) electrons. The van der Waals surface area contributed by atoms with E-state index in [0.29, 0.717) is 11.8 Å². The first kappa shape index (κ1) is 14.6. The van der Waals surface area contributed by atoms with Gasteiger partial charge in [-0.25, -0.2) is 4.83 Å². The summed E-state index contributed by atoms with van der Waals surface area (Å²) in [5, 5.41) is 4.19. The van der Waals surface area contributed by atoms with E-state index >= 15 is 0 Å². The highest BCUT2D eigenvalue weighted by molar-refractivity contribution is 7.89. The fourth-order valence-corrected chi connectivity index (χ4v) is 4.20. The first-order chi connectivity index (χ1) is 9.95. The predicted molar refractivity (Wildman–Crippen MR) is 83.7 cm³/mol. The molecule has 2 aliphatic carbocycles. The summed E-state index contributed by atoms with van der Waals surface area (Å²) in [5.74, 6) is 1.62. The minimum atomic E-state index is -3.54. The third-order valence-electron chi connectivity index (χ3n) is 4.68. The predicted octanol–water partition coefficient (Wildman–Crippen LogP) is 3.26. The van der Waals surface area contributed by atoms with Crippen molar-refractivity contribution in [2.45, 2.75) is 50.3 Å². The Morgan fingerprint density at radius 2 is 1.90 bits per heavy atom. The Balaban J connectivity index is 1.73. The zero-order valence-corrected chi connectivity index (χ0v) is 13.4. The van der Waals surface area contributed by atoms with Crippen LogP contribution in [0, 0.1) is 11.8 Å². The molecule has 2 saturated carbocycles. The quantitative estimate of drug-likeness (QED) is 0.868. The number of benzene rings is 1. The van der Waals surface area contributed by atoms with Gasteiger partial charge in [0.25, 0.3) is 10.0 Å². The van der Waals surface area contributed by atoms with Crippen LogP contribution in [0.3, 0.4) is 0 Å². The Labute approximate surface area is 126 Å². The van der Waals surface area contributed by atoms with E-state index in [1.165, 1.54) is 12.8 Å². The summed E-state index contributed by atoms with van der Waals surface area (Å²) < 4.78 is 24.5. The molecule has 2 bridgehead atoms. The van der Waals surface area contributed by atoms with Crippen LogP contribution in [0.5, 0.6) is 0 Å². The zero-order chi connectivity index (χ0) is 15.0. The number of sulfonamides is 1. The topological polar surface area (TPSA) is 58.5 Å². The standard InChI is InChI=1S/C16H22N2O2S/c1-11(2)13-5-7-15(8-6-13)21(19,20)18-17-16-10-12-3-4-14(16)9-12/h5-8,11-12,14,18H,3-4,9-10H2,1-2H3/b17-16-/t12-,14+/m0/s1. The summed E-state index contributed by atoms with van der Waals surface area (Å²) in [6.45, 7) is 4.17. The summed E-state index contributed by atoms with van der Waals surface area (Å²) in [4.78, 5) is 2.69. The highest BCUT2D eigenvalue weighted by atomic mass is 32.2. The molecule has 4 nitrogen and oxygen atoms in total. The zero-order valence-electron chi connectivity index (χ0n) is 12.5. The summed E-state index contributed by atoms with van der Waals surface area (Å²) in [5.41, 5.74) is 2.17. The molecule has 0 spiro atoms. The number of nitrogens with one attached hydrogen (secondary N) is 1. The number of hydrazone groups is 1. The molecule has 21 heavy (non-hydrogen) atoms. The van der Waals surface area contributed by atoms with Gasteiger partial charge in [0.2, 0.25) is 0 Å². The fourth-order valence-electron chi connectivity index (χ4n) is 3.37. The van der Waals surface area contributed by atoms with E-state index in [4.69, 9.17) is 0 Å². The lowest BCUT2D eigenvalue weighted by Crippen LogP contribution is -2.22. The van der Waals surface area contributed by atoms with Crippen molar-refractivity contribution in [2.75, 3.05) is 0 Å². The van der Waals surface area contributed by atoms with Gasteiger partial charge in [0, 0.05) is 5.71 Å². The van der Waals surface area contributed by atoms with E-state index in [1.54, 1.807) is 12.1 Å².